The summed E-state index contributed by atoms with van der Waals surface area (Å²) in [6, 6.07) is 0.393. The summed E-state index contributed by atoms with van der Waals surface area (Å²) in [7, 11) is 2.10. The Labute approximate surface area is 102 Å². The van der Waals surface area contributed by atoms with E-state index in [2.05, 4.69) is 37.7 Å². The number of thiazole rings is 1. The van der Waals surface area contributed by atoms with Crippen LogP contribution in [0.2, 0.25) is 0 Å². The molecule has 16 heavy (non-hydrogen) atoms. The van der Waals surface area contributed by atoms with Crippen molar-refractivity contribution in [2.24, 2.45) is 0 Å². The van der Waals surface area contributed by atoms with Crippen molar-refractivity contribution in [1.82, 2.24) is 9.88 Å². The number of aliphatic hydroxyl groups excluding tert-OH is 1. The van der Waals surface area contributed by atoms with Gasteiger partial charge in [0, 0.05) is 24.1 Å². The second-order valence-corrected chi connectivity index (χ2v) is 5.26. The predicted octanol–water partition coefficient (Wildman–Crippen LogP) is 2.39. The van der Waals surface area contributed by atoms with Gasteiger partial charge in [-0.15, -0.1) is 11.3 Å². The molecule has 3 nitrogen and oxygen atoms in total. The molecule has 0 fully saturated rings. The lowest BCUT2D eigenvalue weighted by atomic mass is 10.2. The van der Waals surface area contributed by atoms with E-state index in [0.717, 1.165) is 25.1 Å². The lowest BCUT2D eigenvalue weighted by Crippen LogP contribution is -2.24. The zero-order valence-electron chi connectivity index (χ0n) is 10.7. The summed E-state index contributed by atoms with van der Waals surface area (Å²) in [4.78, 5) is 8.19. The van der Waals surface area contributed by atoms with Crippen LogP contribution in [-0.2, 0) is 6.42 Å². The first kappa shape index (κ1) is 13.6. The summed E-state index contributed by atoms with van der Waals surface area (Å²) in [6.07, 6.45) is 1.85. The largest absolute Gasteiger partial charge is 0.396 e. The third-order valence-electron chi connectivity index (χ3n) is 2.89. The first-order chi connectivity index (χ1) is 7.60. The molecule has 1 atom stereocenters. The molecule has 92 valence electrons. The fourth-order valence-corrected chi connectivity index (χ4v) is 2.84. The first-order valence-corrected chi connectivity index (χ1v) is 6.69. The number of aliphatic hydroxyl groups is 1. The number of aromatic nitrogens is 1. The topological polar surface area (TPSA) is 36.4 Å². The minimum absolute atomic E-state index is 0.263. The third-order valence-corrected chi connectivity index (χ3v) is 4.36. The third kappa shape index (κ3) is 3.27. The molecule has 0 aromatic carbocycles. The molecule has 0 aliphatic heterocycles. The van der Waals surface area contributed by atoms with E-state index in [1.54, 1.807) is 0 Å². The van der Waals surface area contributed by atoms with Crippen molar-refractivity contribution in [2.45, 2.75) is 39.7 Å². The second kappa shape index (κ2) is 6.33. The van der Waals surface area contributed by atoms with Gasteiger partial charge in [-0.2, -0.15) is 0 Å². The molecule has 0 amide bonds. The molecule has 0 saturated carbocycles. The fraction of sp³-hybridized carbons (Fsp3) is 0.750. The van der Waals surface area contributed by atoms with Gasteiger partial charge in [0.15, 0.2) is 0 Å². The summed E-state index contributed by atoms with van der Waals surface area (Å²) >= 11 is 1.81. The van der Waals surface area contributed by atoms with Crippen LogP contribution < -0.4 is 0 Å². The zero-order valence-corrected chi connectivity index (χ0v) is 11.5. The average molecular weight is 242 g/mol. The zero-order chi connectivity index (χ0) is 12.1. The van der Waals surface area contributed by atoms with Gasteiger partial charge in [-0.1, -0.05) is 6.92 Å². The molecule has 1 heterocycles. The second-order valence-electron chi connectivity index (χ2n) is 4.14. The Morgan fingerprint density at radius 1 is 1.50 bits per heavy atom. The van der Waals surface area contributed by atoms with Gasteiger partial charge in [-0.05, 0) is 33.7 Å². The SMILES string of the molecule is CCc1nc(C)c(C(C)N(C)CCCO)s1. The first-order valence-electron chi connectivity index (χ1n) is 5.87. The van der Waals surface area contributed by atoms with Crippen molar-refractivity contribution < 1.29 is 5.11 Å². The quantitative estimate of drug-likeness (QED) is 0.832. The van der Waals surface area contributed by atoms with Gasteiger partial charge in [0.05, 0.1) is 10.7 Å². The van der Waals surface area contributed by atoms with Crippen LogP contribution in [0.4, 0.5) is 0 Å². The number of hydrogen-bond donors (Lipinski definition) is 1. The standard InChI is InChI=1S/C12H22N2OS/c1-5-11-13-9(2)12(16-11)10(3)14(4)7-6-8-15/h10,15H,5-8H2,1-4H3. The smallest absolute Gasteiger partial charge is 0.0928 e. The molecular weight excluding hydrogens is 220 g/mol. The molecule has 1 unspecified atom stereocenters. The van der Waals surface area contributed by atoms with E-state index in [9.17, 15) is 0 Å². The Morgan fingerprint density at radius 2 is 2.19 bits per heavy atom. The maximum Gasteiger partial charge on any atom is 0.0928 e. The van der Waals surface area contributed by atoms with Gasteiger partial charge in [0.2, 0.25) is 0 Å². The van der Waals surface area contributed by atoms with Crippen LogP contribution in [0.3, 0.4) is 0 Å². The summed E-state index contributed by atoms with van der Waals surface area (Å²) < 4.78 is 0. The van der Waals surface area contributed by atoms with Gasteiger partial charge >= 0.3 is 0 Å². The maximum atomic E-state index is 8.83. The number of nitrogens with zero attached hydrogens (tertiary/aromatic N) is 2. The van der Waals surface area contributed by atoms with Crippen LogP contribution in [0, 0.1) is 6.92 Å². The lowest BCUT2D eigenvalue weighted by Gasteiger charge is -2.23. The number of aryl methyl sites for hydroxylation is 2. The van der Waals surface area contributed by atoms with Crippen molar-refractivity contribution in [2.75, 3.05) is 20.2 Å². The van der Waals surface area contributed by atoms with E-state index in [-0.39, 0.29) is 6.61 Å². The Morgan fingerprint density at radius 3 is 2.69 bits per heavy atom. The van der Waals surface area contributed by atoms with Gasteiger partial charge in [-0.3, -0.25) is 4.90 Å². The van der Waals surface area contributed by atoms with E-state index >= 15 is 0 Å². The van der Waals surface area contributed by atoms with Crippen LogP contribution >= 0.6 is 11.3 Å². The molecule has 0 saturated heterocycles. The van der Waals surface area contributed by atoms with Gasteiger partial charge < -0.3 is 5.11 Å². The Hall–Kier alpha value is -0.450. The molecule has 0 aliphatic rings. The predicted molar refractivity (Wildman–Crippen MR) is 69.0 cm³/mol. The highest BCUT2D eigenvalue weighted by atomic mass is 32.1. The van der Waals surface area contributed by atoms with E-state index in [0.29, 0.717) is 6.04 Å². The molecule has 1 N–H and O–H groups in total. The fourth-order valence-electron chi connectivity index (χ4n) is 1.72. The molecule has 1 aromatic rings. The molecular formula is C12H22N2OS. The number of hydrogen-bond acceptors (Lipinski definition) is 4. The van der Waals surface area contributed by atoms with Crippen molar-refractivity contribution in [1.29, 1.82) is 0 Å². The van der Waals surface area contributed by atoms with Gasteiger partial charge in [-0.25, -0.2) is 4.98 Å². The van der Waals surface area contributed by atoms with Crippen molar-refractivity contribution >= 4 is 11.3 Å². The number of rotatable bonds is 6. The Kier molecular flexibility index (Phi) is 5.38. The normalized spacial score (nSPS) is 13.4. The van der Waals surface area contributed by atoms with Gasteiger partial charge in [0.25, 0.3) is 0 Å². The summed E-state index contributed by atoms with van der Waals surface area (Å²) in [5.74, 6) is 0. The molecule has 1 rings (SSSR count). The van der Waals surface area contributed by atoms with Crippen LogP contribution in [0.1, 0.15) is 41.9 Å². The van der Waals surface area contributed by atoms with E-state index in [4.69, 9.17) is 5.11 Å². The lowest BCUT2D eigenvalue weighted by molar-refractivity contribution is 0.218. The summed E-state index contributed by atoms with van der Waals surface area (Å²) in [6.45, 7) is 7.62. The monoisotopic (exact) mass is 242 g/mol. The van der Waals surface area contributed by atoms with Crippen LogP contribution in [0.15, 0.2) is 0 Å². The average Bonchev–Trinajstić information content (AvgIpc) is 2.66. The van der Waals surface area contributed by atoms with Crippen LogP contribution in [-0.4, -0.2) is 35.2 Å². The van der Waals surface area contributed by atoms with Crippen LogP contribution in [0.5, 0.6) is 0 Å². The molecule has 0 spiro atoms. The summed E-state index contributed by atoms with van der Waals surface area (Å²) in [5.41, 5.74) is 1.16. The minimum Gasteiger partial charge on any atom is -0.396 e. The van der Waals surface area contributed by atoms with Crippen molar-refractivity contribution in [3.8, 4) is 0 Å². The van der Waals surface area contributed by atoms with Crippen molar-refractivity contribution in [3.05, 3.63) is 15.6 Å². The molecule has 0 aliphatic carbocycles. The molecule has 1 aromatic heterocycles. The van der Waals surface area contributed by atoms with E-state index < -0.39 is 0 Å². The highest BCUT2D eigenvalue weighted by molar-refractivity contribution is 7.11. The maximum absolute atomic E-state index is 8.83. The molecule has 0 radical (unpaired) electrons. The minimum atomic E-state index is 0.263. The van der Waals surface area contributed by atoms with E-state index in [1.165, 1.54) is 9.88 Å². The van der Waals surface area contributed by atoms with Crippen molar-refractivity contribution in [3.63, 3.8) is 0 Å². The summed E-state index contributed by atoms with van der Waals surface area (Å²) in [5, 5.41) is 10.0. The van der Waals surface area contributed by atoms with Gasteiger partial charge in [0.1, 0.15) is 0 Å². The van der Waals surface area contributed by atoms with E-state index in [1.807, 2.05) is 11.3 Å². The highest BCUT2D eigenvalue weighted by Crippen LogP contribution is 2.28. The highest BCUT2D eigenvalue weighted by Gasteiger charge is 2.17. The van der Waals surface area contributed by atoms with Crippen LogP contribution in [0.25, 0.3) is 0 Å². The molecule has 4 heteroatoms. The molecule has 0 bridgehead atoms. The Balaban J connectivity index is 2.70. The Bertz CT molecular complexity index is 325.